The van der Waals surface area contributed by atoms with Gasteiger partial charge in [-0.3, -0.25) is 9.97 Å². The molecular formula is C18H15ClN4O2. The molecule has 2 aromatic heterocycles. The first-order valence-electron chi connectivity index (χ1n) is 7.82. The fourth-order valence-corrected chi connectivity index (χ4v) is 2.96. The highest BCUT2D eigenvalue weighted by Crippen LogP contribution is 2.37. The van der Waals surface area contributed by atoms with E-state index in [-0.39, 0.29) is 5.75 Å². The summed E-state index contributed by atoms with van der Waals surface area (Å²) in [6.07, 6.45) is 6.60. The summed E-state index contributed by atoms with van der Waals surface area (Å²) >= 11 is 5.90. The number of pyridine rings is 1. The minimum atomic E-state index is 0.102. The quantitative estimate of drug-likeness (QED) is 0.761. The van der Waals surface area contributed by atoms with Crippen LogP contribution in [0.15, 0.2) is 49.1 Å². The summed E-state index contributed by atoms with van der Waals surface area (Å²) in [5.41, 5.74) is 2.41. The minimum absolute atomic E-state index is 0.102. The molecule has 1 N–H and O–H groups in total. The summed E-state index contributed by atoms with van der Waals surface area (Å²) in [6.45, 7) is 1.67. The summed E-state index contributed by atoms with van der Waals surface area (Å²) < 4.78 is 5.76. The number of nitrogens with zero attached hydrogens (tertiary/aromatic N) is 4. The highest BCUT2D eigenvalue weighted by molar-refractivity contribution is 6.30. The molecule has 0 amide bonds. The smallest absolute Gasteiger partial charge is 0.166 e. The van der Waals surface area contributed by atoms with Gasteiger partial charge in [-0.2, -0.15) is 0 Å². The maximum absolute atomic E-state index is 10.4. The van der Waals surface area contributed by atoms with E-state index in [0.717, 1.165) is 22.6 Å². The Bertz CT molecular complexity index is 888. The summed E-state index contributed by atoms with van der Waals surface area (Å²) in [7, 11) is 0. The van der Waals surface area contributed by atoms with Gasteiger partial charge in [0.1, 0.15) is 12.4 Å². The summed E-state index contributed by atoms with van der Waals surface area (Å²) in [6, 6.07) is 7.23. The van der Waals surface area contributed by atoms with Gasteiger partial charge in [0.15, 0.2) is 11.5 Å². The molecule has 3 heterocycles. The first-order chi connectivity index (χ1) is 12.2. The van der Waals surface area contributed by atoms with Crippen LogP contribution in [0.4, 0.5) is 5.82 Å². The average molecular weight is 355 g/mol. The fraction of sp³-hybridized carbons (Fsp3) is 0.167. The van der Waals surface area contributed by atoms with E-state index in [9.17, 15) is 5.11 Å². The zero-order valence-corrected chi connectivity index (χ0v) is 14.0. The minimum Gasteiger partial charge on any atom is -0.504 e. The van der Waals surface area contributed by atoms with Crippen LogP contribution in [0.5, 0.6) is 11.5 Å². The second kappa shape index (κ2) is 6.57. The van der Waals surface area contributed by atoms with Gasteiger partial charge in [0, 0.05) is 36.3 Å². The third kappa shape index (κ3) is 3.21. The summed E-state index contributed by atoms with van der Waals surface area (Å²) in [4.78, 5) is 14.9. The predicted molar refractivity (Wildman–Crippen MR) is 94.9 cm³/mol. The molecule has 4 rings (SSSR count). The molecule has 0 saturated carbocycles. The SMILES string of the molecule is Oc1cc(-c2ccc(Cl)cn2)cc2c1OCCN(c1cnccn1)C2. The van der Waals surface area contributed by atoms with Crippen LogP contribution in [0.3, 0.4) is 0 Å². The van der Waals surface area contributed by atoms with Crippen molar-refractivity contribution in [3.8, 4) is 22.8 Å². The van der Waals surface area contributed by atoms with Crippen molar-refractivity contribution in [2.45, 2.75) is 6.54 Å². The molecule has 0 radical (unpaired) electrons. The monoisotopic (exact) mass is 354 g/mol. The Kier molecular flexibility index (Phi) is 4.11. The van der Waals surface area contributed by atoms with Crippen LogP contribution in [-0.2, 0) is 6.54 Å². The van der Waals surface area contributed by atoms with Gasteiger partial charge in [-0.25, -0.2) is 4.98 Å². The Hall–Kier alpha value is -2.86. The van der Waals surface area contributed by atoms with Crippen LogP contribution >= 0.6 is 11.6 Å². The molecule has 1 aromatic carbocycles. The van der Waals surface area contributed by atoms with Crippen molar-refractivity contribution in [2.24, 2.45) is 0 Å². The van der Waals surface area contributed by atoms with Gasteiger partial charge in [-0.05, 0) is 24.3 Å². The van der Waals surface area contributed by atoms with Gasteiger partial charge >= 0.3 is 0 Å². The van der Waals surface area contributed by atoms with Gasteiger partial charge in [-0.15, -0.1) is 0 Å². The molecule has 25 heavy (non-hydrogen) atoms. The fourth-order valence-electron chi connectivity index (χ4n) is 2.84. The largest absolute Gasteiger partial charge is 0.504 e. The van der Waals surface area contributed by atoms with Crippen LogP contribution in [-0.4, -0.2) is 33.2 Å². The van der Waals surface area contributed by atoms with Crippen LogP contribution in [0.1, 0.15) is 5.56 Å². The van der Waals surface area contributed by atoms with Crippen molar-refractivity contribution in [3.05, 3.63) is 59.6 Å². The van der Waals surface area contributed by atoms with E-state index in [1.807, 2.05) is 12.1 Å². The summed E-state index contributed by atoms with van der Waals surface area (Å²) in [5.74, 6) is 1.38. The average Bonchev–Trinajstić information content (AvgIpc) is 2.86. The lowest BCUT2D eigenvalue weighted by atomic mass is 10.0. The Morgan fingerprint density at radius 1 is 1.12 bits per heavy atom. The lowest BCUT2D eigenvalue weighted by Gasteiger charge is -2.20. The summed E-state index contributed by atoms with van der Waals surface area (Å²) in [5, 5.41) is 11.0. The lowest BCUT2D eigenvalue weighted by molar-refractivity contribution is 0.311. The Morgan fingerprint density at radius 3 is 2.80 bits per heavy atom. The third-order valence-corrected chi connectivity index (χ3v) is 4.24. The lowest BCUT2D eigenvalue weighted by Crippen LogP contribution is -2.26. The molecule has 0 fully saturated rings. The van der Waals surface area contributed by atoms with Crippen molar-refractivity contribution >= 4 is 17.4 Å². The molecule has 126 valence electrons. The van der Waals surface area contributed by atoms with E-state index in [0.29, 0.717) is 30.5 Å². The van der Waals surface area contributed by atoms with Crippen molar-refractivity contribution in [1.29, 1.82) is 0 Å². The number of ether oxygens (including phenoxy) is 1. The Balaban J connectivity index is 1.73. The van der Waals surface area contributed by atoms with Crippen molar-refractivity contribution in [3.63, 3.8) is 0 Å². The number of hydrogen-bond donors (Lipinski definition) is 1. The number of halogens is 1. The predicted octanol–water partition coefficient (Wildman–Crippen LogP) is 3.30. The molecule has 1 aliphatic heterocycles. The highest BCUT2D eigenvalue weighted by atomic mass is 35.5. The topological polar surface area (TPSA) is 71.4 Å². The van der Waals surface area contributed by atoms with Crippen molar-refractivity contribution in [2.75, 3.05) is 18.1 Å². The van der Waals surface area contributed by atoms with Crippen LogP contribution in [0, 0.1) is 0 Å². The standard InChI is InChI=1S/C18H15ClN4O2/c19-14-1-2-15(22-9-14)12-7-13-11-23(17-10-20-3-4-21-17)5-6-25-18(13)16(24)8-12/h1-4,7-10,24H,5-6,11H2. The van der Waals surface area contributed by atoms with Gasteiger partial charge in [0.25, 0.3) is 0 Å². The number of anilines is 1. The molecule has 3 aromatic rings. The van der Waals surface area contributed by atoms with Crippen LogP contribution in [0.2, 0.25) is 5.02 Å². The number of phenolic OH excluding ortho intramolecular Hbond substituents is 1. The van der Waals surface area contributed by atoms with Crippen LogP contribution in [0.25, 0.3) is 11.3 Å². The zero-order valence-electron chi connectivity index (χ0n) is 13.3. The first-order valence-corrected chi connectivity index (χ1v) is 8.20. The number of rotatable bonds is 2. The molecule has 0 unspecified atom stereocenters. The van der Waals surface area contributed by atoms with E-state index >= 15 is 0 Å². The molecule has 0 spiro atoms. The van der Waals surface area contributed by atoms with Crippen molar-refractivity contribution < 1.29 is 9.84 Å². The van der Waals surface area contributed by atoms with E-state index in [1.165, 1.54) is 0 Å². The number of benzene rings is 1. The molecule has 0 bridgehead atoms. The first kappa shape index (κ1) is 15.7. The van der Waals surface area contributed by atoms with E-state index in [1.54, 1.807) is 36.9 Å². The Labute approximate surface area is 149 Å². The second-order valence-electron chi connectivity index (χ2n) is 5.68. The number of aromatic hydroxyl groups is 1. The van der Waals surface area contributed by atoms with E-state index in [4.69, 9.17) is 16.3 Å². The van der Waals surface area contributed by atoms with Gasteiger partial charge in [0.05, 0.1) is 23.5 Å². The van der Waals surface area contributed by atoms with Gasteiger partial charge in [-0.1, -0.05) is 11.6 Å². The van der Waals surface area contributed by atoms with Crippen molar-refractivity contribution in [1.82, 2.24) is 15.0 Å². The molecule has 0 aliphatic carbocycles. The number of hydrogen-bond acceptors (Lipinski definition) is 6. The normalized spacial score (nSPS) is 13.7. The number of phenols is 1. The maximum atomic E-state index is 10.4. The van der Waals surface area contributed by atoms with Crippen LogP contribution < -0.4 is 9.64 Å². The maximum Gasteiger partial charge on any atom is 0.166 e. The number of fused-ring (bicyclic) bond motifs is 1. The van der Waals surface area contributed by atoms with E-state index < -0.39 is 0 Å². The Morgan fingerprint density at radius 2 is 2.04 bits per heavy atom. The molecule has 0 saturated heterocycles. The van der Waals surface area contributed by atoms with E-state index in [2.05, 4.69) is 19.9 Å². The number of aromatic nitrogens is 3. The molecule has 1 aliphatic rings. The molecular weight excluding hydrogens is 340 g/mol. The van der Waals surface area contributed by atoms with Gasteiger partial charge < -0.3 is 14.7 Å². The highest BCUT2D eigenvalue weighted by Gasteiger charge is 2.21. The zero-order chi connectivity index (χ0) is 17.2. The molecule has 7 heteroatoms. The molecule has 6 nitrogen and oxygen atoms in total. The second-order valence-corrected chi connectivity index (χ2v) is 6.12. The third-order valence-electron chi connectivity index (χ3n) is 4.01. The molecule has 0 atom stereocenters. The van der Waals surface area contributed by atoms with Gasteiger partial charge in [0.2, 0.25) is 0 Å².